The second kappa shape index (κ2) is 11.0. The molecule has 0 radical (unpaired) electrons. The molecular formula is C19H34OSi. The van der Waals surface area contributed by atoms with Gasteiger partial charge in [0, 0.05) is 0 Å². The van der Waals surface area contributed by atoms with Crippen LogP contribution >= 0.6 is 0 Å². The van der Waals surface area contributed by atoms with E-state index in [0.29, 0.717) is 0 Å². The lowest BCUT2D eigenvalue weighted by atomic mass is 10.1. The third-order valence-electron chi connectivity index (χ3n) is 4.41. The minimum absolute atomic E-state index is 1.01. The van der Waals surface area contributed by atoms with Gasteiger partial charge >= 0.3 is 0 Å². The van der Waals surface area contributed by atoms with E-state index in [2.05, 4.69) is 25.6 Å². The molecule has 0 aromatic heterocycles. The molecule has 0 saturated carbocycles. The lowest BCUT2D eigenvalue weighted by Crippen LogP contribution is -2.44. The van der Waals surface area contributed by atoms with E-state index in [0.717, 1.165) is 6.04 Å². The summed E-state index contributed by atoms with van der Waals surface area (Å²) in [5.41, 5.74) is 0. The molecule has 0 heterocycles. The molecule has 0 saturated heterocycles. The second-order valence-corrected chi connectivity index (χ2v) is 10.2. The fourth-order valence-electron chi connectivity index (χ4n) is 2.90. The zero-order valence-electron chi connectivity index (χ0n) is 14.1. The van der Waals surface area contributed by atoms with Gasteiger partial charge in [-0.15, -0.1) is 0 Å². The zero-order valence-corrected chi connectivity index (χ0v) is 15.1. The van der Waals surface area contributed by atoms with E-state index in [1.807, 2.05) is 18.2 Å². The number of benzene rings is 1. The van der Waals surface area contributed by atoms with Crippen molar-refractivity contribution in [3.63, 3.8) is 0 Å². The number of hydrogen-bond donors (Lipinski definition) is 1. The molecule has 0 aliphatic rings. The van der Waals surface area contributed by atoms with Crippen LogP contribution in [0.15, 0.2) is 30.3 Å². The van der Waals surface area contributed by atoms with Gasteiger partial charge in [-0.1, -0.05) is 101 Å². The summed E-state index contributed by atoms with van der Waals surface area (Å²) in [4.78, 5) is 10.6. The topological polar surface area (TPSA) is 20.2 Å². The first kappa shape index (κ1) is 18.4. The summed E-state index contributed by atoms with van der Waals surface area (Å²) in [5.74, 6) is 0. The molecule has 0 aliphatic heterocycles. The molecule has 0 aliphatic carbocycles. The van der Waals surface area contributed by atoms with Gasteiger partial charge in [-0.05, 0) is 17.8 Å². The summed E-state index contributed by atoms with van der Waals surface area (Å²) >= 11 is 0. The van der Waals surface area contributed by atoms with Gasteiger partial charge in [-0.3, -0.25) is 0 Å². The Balaban J connectivity index is 2.01. The van der Waals surface area contributed by atoms with Crippen LogP contribution in [0.2, 0.25) is 12.6 Å². The fraction of sp³-hybridized carbons (Fsp3) is 0.684. The average molecular weight is 307 g/mol. The van der Waals surface area contributed by atoms with Gasteiger partial charge in [0.25, 0.3) is 0 Å². The maximum atomic E-state index is 10.6. The van der Waals surface area contributed by atoms with Crippen molar-refractivity contribution in [2.45, 2.75) is 83.7 Å². The van der Waals surface area contributed by atoms with Crippen LogP contribution in [0, 0.1) is 0 Å². The maximum Gasteiger partial charge on any atom is 0.216 e. The largest absolute Gasteiger partial charge is 0.428 e. The van der Waals surface area contributed by atoms with E-state index in [9.17, 15) is 4.80 Å². The standard InChI is InChI=1S/C19H34OSi/c1-3-4-5-6-7-8-9-10-11-15-18-21(2,20)19-16-13-12-14-17-19/h12-14,16-17,20H,3-11,15,18H2,1-2H3. The Kier molecular flexibility index (Phi) is 9.69. The summed E-state index contributed by atoms with van der Waals surface area (Å²) in [6.45, 7) is 4.35. The molecular weight excluding hydrogens is 272 g/mol. The van der Waals surface area contributed by atoms with Crippen LogP contribution < -0.4 is 5.19 Å². The number of hydrogen-bond acceptors (Lipinski definition) is 1. The fourth-order valence-corrected chi connectivity index (χ4v) is 5.04. The Morgan fingerprint density at radius 3 is 1.76 bits per heavy atom. The van der Waals surface area contributed by atoms with Crippen LogP contribution in [0.4, 0.5) is 0 Å². The molecule has 1 N–H and O–H groups in total. The van der Waals surface area contributed by atoms with Crippen molar-refractivity contribution in [3.8, 4) is 0 Å². The molecule has 1 atom stereocenters. The van der Waals surface area contributed by atoms with E-state index < -0.39 is 8.32 Å². The highest BCUT2D eigenvalue weighted by molar-refractivity contribution is 6.84. The second-order valence-electron chi connectivity index (χ2n) is 6.57. The van der Waals surface area contributed by atoms with Crippen LogP contribution in [0.3, 0.4) is 0 Å². The summed E-state index contributed by atoms with van der Waals surface area (Å²) in [6.07, 6.45) is 13.6. The van der Waals surface area contributed by atoms with Crippen LogP contribution in [0.25, 0.3) is 0 Å². The zero-order chi connectivity index (χ0) is 15.4. The molecule has 1 aromatic carbocycles. The summed E-state index contributed by atoms with van der Waals surface area (Å²) in [5, 5.41) is 1.18. The molecule has 0 fully saturated rings. The molecule has 2 heteroatoms. The predicted molar refractivity (Wildman–Crippen MR) is 96.6 cm³/mol. The average Bonchev–Trinajstić information content (AvgIpc) is 2.50. The summed E-state index contributed by atoms with van der Waals surface area (Å²) in [7, 11) is -2.17. The van der Waals surface area contributed by atoms with Crippen molar-refractivity contribution in [1.29, 1.82) is 0 Å². The third-order valence-corrected chi connectivity index (χ3v) is 7.32. The number of rotatable bonds is 12. The Morgan fingerprint density at radius 1 is 0.762 bits per heavy atom. The molecule has 0 bridgehead atoms. The van der Waals surface area contributed by atoms with Crippen LogP contribution in [0.5, 0.6) is 0 Å². The first-order valence-corrected chi connectivity index (χ1v) is 11.6. The minimum atomic E-state index is -2.17. The molecule has 0 amide bonds. The predicted octanol–water partition coefficient (Wildman–Crippen LogP) is 5.38. The van der Waals surface area contributed by atoms with Crippen LogP contribution in [-0.2, 0) is 0 Å². The Labute approximate surface area is 132 Å². The van der Waals surface area contributed by atoms with Gasteiger partial charge < -0.3 is 4.80 Å². The quantitative estimate of drug-likeness (QED) is 0.406. The first-order valence-electron chi connectivity index (χ1n) is 8.94. The molecule has 1 nitrogen and oxygen atoms in total. The van der Waals surface area contributed by atoms with Crippen molar-refractivity contribution in [2.24, 2.45) is 0 Å². The molecule has 21 heavy (non-hydrogen) atoms. The van der Waals surface area contributed by atoms with Crippen molar-refractivity contribution in [3.05, 3.63) is 30.3 Å². The molecule has 120 valence electrons. The minimum Gasteiger partial charge on any atom is -0.428 e. The van der Waals surface area contributed by atoms with Gasteiger partial charge in [-0.2, -0.15) is 0 Å². The van der Waals surface area contributed by atoms with Crippen molar-refractivity contribution in [2.75, 3.05) is 0 Å². The molecule has 1 unspecified atom stereocenters. The third kappa shape index (κ3) is 8.42. The Bertz CT molecular complexity index is 348. The van der Waals surface area contributed by atoms with Gasteiger partial charge in [-0.25, -0.2) is 0 Å². The summed E-state index contributed by atoms with van der Waals surface area (Å²) < 4.78 is 0. The monoisotopic (exact) mass is 306 g/mol. The lowest BCUT2D eigenvalue weighted by Gasteiger charge is -2.20. The highest BCUT2D eigenvalue weighted by Gasteiger charge is 2.25. The smallest absolute Gasteiger partial charge is 0.216 e. The number of unbranched alkanes of at least 4 members (excludes halogenated alkanes) is 9. The Morgan fingerprint density at radius 2 is 1.24 bits per heavy atom. The maximum absolute atomic E-state index is 10.6. The van der Waals surface area contributed by atoms with E-state index in [4.69, 9.17) is 0 Å². The van der Waals surface area contributed by atoms with Crippen molar-refractivity contribution >= 4 is 13.5 Å². The van der Waals surface area contributed by atoms with Gasteiger partial charge in [0.2, 0.25) is 8.32 Å². The highest BCUT2D eigenvalue weighted by atomic mass is 28.4. The van der Waals surface area contributed by atoms with Gasteiger partial charge in [0.1, 0.15) is 0 Å². The summed E-state index contributed by atoms with van der Waals surface area (Å²) in [6, 6.07) is 11.3. The lowest BCUT2D eigenvalue weighted by molar-refractivity contribution is 0.536. The normalized spacial score (nSPS) is 14.0. The SMILES string of the molecule is CCCCCCCCCCCC[Si](C)(O)c1ccccc1. The van der Waals surface area contributed by atoms with E-state index in [-0.39, 0.29) is 0 Å². The van der Waals surface area contributed by atoms with Gasteiger partial charge in [0.15, 0.2) is 0 Å². The van der Waals surface area contributed by atoms with Crippen LogP contribution in [0.1, 0.15) is 71.1 Å². The molecule has 1 rings (SSSR count). The van der Waals surface area contributed by atoms with Crippen molar-refractivity contribution in [1.82, 2.24) is 0 Å². The van der Waals surface area contributed by atoms with Gasteiger partial charge in [0.05, 0.1) is 0 Å². The highest BCUT2D eigenvalue weighted by Crippen LogP contribution is 2.15. The molecule has 1 aromatic rings. The van der Waals surface area contributed by atoms with Crippen LogP contribution in [-0.4, -0.2) is 13.1 Å². The van der Waals surface area contributed by atoms with E-state index >= 15 is 0 Å². The molecule has 0 spiro atoms. The van der Waals surface area contributed by atoms with E-state index in [1.165, 1.54) is 69.4 Å². The first-order chi connectivity index (χ1) is 10.2. The van der Waals surface area contributed by atoms with E-state index in [1.54, 1.807) is 0 Å². The van der Waals surface area contributed by atoms with Crippen molar-refractivity contribution < 1.29 is 4.80 Å². The Hall–Kier alpha value is -0.603.